The van der Waals surface area contributed by atoms with Gasteiger partial charge in [-0.05, 0) is 29.1 Å². The Morgan fingerprint density at radius 1 is 1.21 bits per heavy atom. The molecule has 2 N–H and O–H groups in total. The Morgan fingerprint density at radius 2 is 2.00 bits per heavy atom. The molecule has 0 radical (unpaired) electrons. The van der Waals surface area contributed by atoms with Crippen molar-refractivity contribution in [1.29, 1.82) is 0 Å². The van der Waals surface area contributed by atoms with Gasteiger partial charge in [0.05, 0.1) is 23.9 Å². The minimum absolute atomic E-state index is 0.111. The van der Waals surface area contributed by atoms with Crippen molar-refractivity contribution in [3.05, 3.63) is 69.3 Å². The van der Waals surface area contributed by atoms with Gasteiger partial charge in [0.25, 0.3) is 5.91 Å². The molecule has 1 aromatic carbocycles. The lowest BCUT2D eigenvalue weighted by atomic mass is 10.0. The highest BCUT2D eigenvalue weighted by Gasteiger charge is 2.40. The van der Waals surface area contributed by atoms with E-state index in [2.05, 4.69) is 10.6 Å². The molecule has 3 heterocycles. The number of urea groups is 1. The van der Waals surface area contributed by atoms with Crippen LogP contribution >= 0.6 is 11.3 Å². The van der Waals surface area contributed by atoms with E-state index in [0.29, 0.717) is 24.4 Å². The van der Waals surface area contributed by atoms with Gasteiger partial charge in [-0.15, -0.1) is 11.3 Å². The van der Waals surface area contributed by atoms with E-state index in [0.717, 1.165) is 10.4 Å². The lowest BCUT2D eigenvalue weighted by Crippen LogP contribution is -2.44. The third-order valence-electron chi connectivity index (χ3n) is 4.13. The molecule has 1 atom stereocenters. The molecule has 0 unspecified atom stereocenters. The van der Waals surface area contributed by atoms with Gasteiger partial charge in [-0.25, -0.2) is 9.18 Å². The Morgan fingerprint density at radius 3 is 2.71 bits per heavy atom. The molecule has 4 rings (SSSR count). The van der Waals surface area contributed by atoms with Crippen LogP contribution in [0.5, 0.6) is 0 Å². The van der Waals surface area contributed by atoms with Crippen molar-refractivity contribution in [2.45, 2.75) is 12.6 Å². The molecule has 2 aliphatic rings. The molecule has 1 aromatic heterocycles. The van der Waals surface area contributed by atoms with Crippen LogP contribution in [0.1, 0.15) is 16.5 Å². The Bertz CT molecular complexity index is 830. The van der Waals surface area contributed by atoms with Gasteiger partial charge in [-0.3, -0.25) is 4.79 Å². The van der Waals surface area contributed by atoms with Crippen LogP contribution in [-0.4, -0.2) is 23.4 Å². The third kappa shape index (κ3) is 2.56. The maximum Gasteiger partial charge on any atom is 0.319 e. The van der Waals surface area contributed by atoms with Crippen molar-refractivity contribution in [3.63, 3.8) is 0 Å². The summed E-state index contributed by atoms with van der Waals surface area (Å²) in [5.74, 6) is -0.418. The molecule has 0 bridgehead atoms. The summed E-state index contributed by atoms with van der Waals surface area (Å²) in [5, 5.41) is 7.47. The van der Waals surface area contributed by atoms with E-state index < -0.39 is 6.04 Å². The summed E-state index contributed by atoms with van der Waals surface area (Å²) in [4.78, 5) is 27.3. The molecule has 5 nitrogen and oxygen atoms in total. The summed E-state index contributed by atoms with van der Waals surface area (Å²) < 4.78 is 13.0. The Balaban J connectivity index is 1.60. The van der Waals surface area contributed by atoms with Crippen molar-refractivity contribution in [3.8, 4) is 0 Å². The zero-order chi connectivity index (χ0) is 16.7. The topological polar surface area (TPSA) is 61.4 Å². The smallest absolute Gasteiger partial charge is 0.319 e. The van der Waals surface area contributed by atoms with Crippen molar-refractivity contribution < 1.29 is 14.0 Å². The van der Waals surface area contributed by atoms with E-state index in [4.69, 9.17) is 0 Å². The molecule has 0 spiro atoms. The second kappa shape index (κ2) is 5.76. The number of halogens is 1. The van der Waals surface area contributed by atoms with Gasteiger partial charge in [-0.1, -0.05) is 18.2 Å². The SMILES string of the molecule is O=C1NC2=C(C(=O)N(Cc3ccc(F)cc3)C2)[C@H](c2cccs2)N1. The quantitative estimate of drug-likeness (QED) is 0.900. The van der Waals surface area contributed by atoms with Crippen LogP contribution in [0.3, 0.4) is 0 Å². The molecular formula is C17H14FN3O2S. The first kappa shape index (κ1) is 14.9. The Hall–Kier alpha value is -2.67. The fourth-order valence-corrected chi connectivity index (χ4v) is 3.82. The highest BCUT2D eigenvalue weighted by atomic mass is 32.1. The van der Waals surface area contributed by atoms with Gasteiger partial charge in [0.1, 0.15) is 5.82 Å². The van der Waals surface area contributed by atoms with Crippen LogP contribution in [0.4, 0.5) is 9.18 Å². The van der Waals surface area contributed by atoms with E-state index >= 15 is 0 Å². The number of benzene rings is 1. The molecule has 7 heteroatoms. The molecule has 2 aliphatic heterocycles. The van der Waals surface area contributed by atoms with Gasteiger partial charge >= 0.3 is 6.03 Å². The first-order chi connectivity index (χ1) is 11.6. The number of amides is 3. The summed E-state index contributed by atoms with van der Waals surface area (Å²) in [6, 6.07) is 9.15. The number of hydrogen-bond donors (Lipinski definition) is 2. The zero-order valence-electron chi connectivity index (χ0n) is 12.6. The highest BCUT2D eigenvalue weighted by Crippen LogP contribution is 2.34. The van der Waals surface area contributed by atoms with E-state index in [1.807, 2.05) is 17.5 Å². The van der Waals surface area contributed by atoms with Gasteiger partial charge < -0.3 is 15.5 Å². The molecule has 0 fully saturated rings. The lowest BCUT2D eigenvalue weighted by Gasteiger charge is -2.24. The second-order valence-electron chi connectivity index (χ2n) is 5.73. The Labute approximate surface area is 141 Å². The molecule has 0 saturated heterocycles. The van der Waals surface area contributed by atoms with E-state index in [9.17, 15) is 14.0 Å². The highest BCUT2D eigenvalue weighted by molar-refractivity contribution is 7.10. The van der Waals surface area contributed by atoms with Crippen LogP contribution in [-0.2, 0) is 11.3 Å². The first-order valence-electron chi connectivity index (χ1n) is 7.49. The standard InChI is InChI=1S/C17H14FN3O2S/c18-11-5-3-10(4-6-11)8-21-9-12-14(16(21)22)15(20-17(23)19-12)13-2-1-7-24-13/h1-7,15H,8-9H2,(H2,19,20,23)/t15-/m0/s1. The summed E-state index contributed by atoms with van der Waals surface area (Å²) in [6.45, 7) is 0.722. The third-order valence-corrected chi connectivity index (χ3v) is 5.07. The van der Waals surface area contributed by atoms with Gasteiger partial charge in [0.15, 0.2) is 0 Å². The number of nitrogens with one attached hydrogen (secondary N) is 2. The van der Waals surface area contributed by atoms with Crippen LogP contribution in [0.25, 0.3) is 0 Å². The molecule has 122 valence electrons. The van der Waals surface area contributed by atoms with Gasteiger partial charge in [-0.2, -0.15) is 0 Å². The van der Waals surface area contributed by atoms with Crippen LogP contribution in [0.15, 0.2) is 53.0 Å². The van der Waals surface area contributed by atoms with Crippen LogP contribution < -0.4 is 10.6 Å². The fourth-order valence-electron chi connectivity index (χ4n) is 3.04. The summed E-state index contributed by atoms with van der Waals surface area (Å²) in [5.41, 5.74) is 2.07. The maximum atomic E-state index is 13.0. The zero-order valence-corrected chi connectivity index (χ0v) is 13.4. The average molecular weight is 343 g/mol. The first-order valence-corrected chi connectivity index (χ1v) is 8.37. The van der Waals surface area contributed by atoms with Gasteiger partial charge in [0, 0.05) is 11.4 Å². The predicted molar refractivity (Wildman–Crippen MR) is 87.6 cm³/mol. The number of carbonyl (C=O) groups excluding carboxylic acids is 2. The number of hydrogen-bond acceptors (Lipinski definition) is 3. The van der Waals surface area contributed by atoms with Crippen molar-refractivity contribution >= 4 is 23.3 Å². The molecule has 0 aliphatic carbocycles. The number of carbonyl (C=O) groups is 2. The second-order valence-corrected chi connectivity index (χ2v) is 6.71. The van der Waals surface area contributed by atoms with Gasteiger partial charge in [0.2, 0.25) is 0 Å². The molecule has 2 aromatic rings. The van der Waals surface area contributed by atoms with Crippen molar-refractivity contribution in [2.75, 3.05) is 6.54 Å². The van der Waals surface area contributed by atoms with E-state index in [-0.39, 0.29) is 17.8 Å². The van der Waals surface area contributed by atoms with Crippen LogP contribution in [0.2, 0.25) is 0 Å². The largest absolute Gasteiger partial charge is 0.329 e. The Kier molecular flexibility index (Phi) is 3.57. The predicted octanol–water partition coefficient (Wildman–Crippen LogP) is 2.54. The molecule has 3 amide bonds. The number of nitrogens with zero attached hydrogens (tertiary/aromatic N) is 1. The van der Waals surface area contributed by atoms with Crippen molar-refractivity contribution in [1.82, 2.24) is 15.5 Å². The fraction of sp³-hybridized carbons (Fsp3) is 0.176. The normalized spacial score (nSPS) is 20.0. The number of thiophene rings is 1. The minimum Gasteiger partial charge on any atom is -0.329 e. The maximum absolute atomic E-state index is 13.0. The average Bonchev–Trinajstić information content (AvgIpc) is 3.18. The summed E-state index contributed by atoms with van der Waals surface area (Å²) in [7, 11) is 0. The molecular weight excluding hydrogens is 329 g/mol. The van der Waals surface area contributed by atoms with E-state index in [1.54, 1.807) is 17.0 Å². The summed E-state index contributed by atoms with van der Waals surface area (Å²) in [6.07, 6.45) is 0. The minimum atomic E-state index is -0.417. The van der Waals surface area contributed by atoms with Crippen molar-refractivity contribution in [2.24, 2.45) is 0 Å². The van der Waals surface area contributed by atoms with Crippen LogP contribution in [0, 0.1) is 5.82 Å². The molecule has 24 heavy (non-hydrogen) atoms. The monoisotopic (exact) mass is 343 g/mol. The van der Waals surface area contributed by atoms with E-state index in [1.165, 1.54) is 23.5 Å². The lowest BCUT2D eigenvalue weighted by molar-refractivity contribution is -0.126. The molecule has 0 saturated carbocycles. The number of rotatable bonds is 3. The summed E-state index contributed by atoms with van der Waals surface area (Å²) >= 11 is 1.50.